The van der Waals surface area contributed by atoms with Crippen LogP contribution in [0.1, 0.15) is 34.2 Å². The molecule has 0 unspecified atom stereocenters. The van der Waals surface area contributed by atoms with Crippen LogP contribution in [0.25, 0.3) is 10.9 Å². The predicted molar refractivity (Wildman–Crippen MR) is 96.7 cm³/mol. The molecule has 0 aliphatic heterocycles. The molecule has 7 heteroatoms. The van der Waals surface area contributed by atoms with Gasteiger partial charge in [0.25, 0.3) is 0 Å². The highest BCUT2D eigenvalue weighted by molar-refractivity contribution is 6.35. The number of carboxylic acids is 1. The van der Waals surface area contributed by atoms with Crippen molar-refractivity contribution in [2.45, 2.75) is 19.8 Å². The summed E-state index contributed by atoms with van der Waals surface area (Å²) in [6.07, 6.45) is 1.87. The average molecular weight is 377 g/mol. The molecule has 0 fully saturated rings. The Hall–Kier alpha value is -2.37. The third-order valence-corrected chi connectivity index (χ3v) is 4.65. The molecule has 3 rings (SSSR count). The van der Waals surface area contributed by atoms with Gasteiger partial charge in [-0.2, -0.15) is 0 Å². The second-order valence-electron chi connectivity index (χ2n) is 5.55. The number of carboxylic acid groups (broad SMARTS) is 1. The minimum Gasteiger partial charge on any atom is -0.481 e. The number of hydrogen-bond acceptors (Lipinski definition) is 3. The van der Waals surface area contributed by atoms with Crippen LogP contribution in [0.4, 0.5) is 0 Å². The van der Waals surface area contributed by atoms with Gasteiger partial charge in [-0.1, -0.05) is 30.1 Å². The van der Waals surface area contributed by atoms with Crippen molar-refractivity contribution in [1.82, 2.24) is 9.97 Å². The number of halogens is 2. The SMILES string of the molecule is CCc1ccnc(C(=O)c2[nH]c3ccc(Cl)cc3c2CC(=O)O)c1Cl. The number of pyridine rings is 1. The summed E-state index contributed by atoms with van der Waals surface area (Å²) in [5.41, 5.74) is 2.08. The third-order valence-electron chi connectivity index (χ3n) is 3.99. The van der Waals surface area contributed by atoms with Crippen LogP contribution in [0, 0.1) is 0 Å². The van der Waals surface area contributed by atoms with Gasteiger partial charge >= 0.3 is 5.97 Å². The topological polar surface area (TPSA) is 83.0 Å². The summed E-state index contributed by atoms with van der Waals surface area (Å²) in [6.45, 7) is 1.93. The molecular weight excluding hydrogens is 363 g/mol. The Morgan fingerprint density at radius 1 is 1.24 bits per heavy atom. The van der Waals surface area contributed by atoms with Gasteiger partial charge in [0.1, 0.15) is 5.69 Å². The molecule has 0 atom stereocenters. The van der Waals surface area contributed by atoms with Crippen molar-refractivity contribution >= 4 is 45.9 Å². The zero-order chi connectivity index (χ0) is 18.1. The number of hydrogen-bond donors (Lipinski definition) is 2. The monoisotopic (exact) mass is 376 g/mol. The highest BCUT2D eigenvalue weighted by Crippen LogP contribution is 2.29. The zero-order valence-electron chi connectivity index (χ0n) is 13.3. The van der Waals surface area contributed by atoms with Gasteiger partial charge < -0.3 is 10.1 Å². The molecular formula is C18H14Cl2N2O3. The number of aryl methyl sites for hydroxylation is 1. The van der Waals surface area contributed by atoms with Crippen molar-refractivity contribution in [1.29, 1.82) is 0 Å². The summed E-state index contributed by atoms with van der Waals surface area (Å²) >= 11 is 12.3. The number of H-pyrrole nitrogens is 1. The quantitative estimate of drug-likeness (QED) is 0.650. The lowest BCUT2D eigenvalue weighted by Gasteiger charge is -2.07. The Labute approximate surface area is 153 Å². The smallest absolute Gasteiger partial charge is 0.307 e. The summed E-state index contributed by atoms with van der Waals surface area (Å²) < 4.78 is 0. The number of ketones is 1. The van der Waals surface area contributed by atoms with Crippen molar-refractivity contribution in [2.24, 2.45) is 0 Å². The molecule has 0 spiro atoms. The van der Waals surface area contributed by atoms with Crippen LogP contribution < -0.4 is 0 Å². The highest BCUT2D eigenvalue weighted by atomic mass is 35.5. The molecule has 0 bridgehead atoms. The van der Waals surface area contributed by atoms with Gasteiger partial charge in [-0.15, -0.1) is 0 Å². The lowest BCUT2D eigenvalue weighted by molar-refractivity contribution is -0.136. The predicted octanol–water partition coefficient (Wildman–Crippen LogP) is 4.29. The fraction of sp³-hybridized carbons (Fsp3) is 0.167. The normalized spacial score (nSPS) is 11.0. The Morgan fingerprint density at radius 3 is 2.68 bits per heavy atom. The minimum absolute atomic E-state index is 0.102. The maximum absolute atomic E-state index is 13.0. The second kappa shape index (κ2) is 6.86. The van der Waals surface area contributed by atoms with Crippen molar-refractivity contribution in [3.8, 4) is 0 Å². The summed E-state index contributed by atoms with van der Waals surface area (Å²) in [5.74, 6) is -1.49. The molecule has 1 aromatic carbocycles. The number of aromatic nitrogens is 2. The maximum Gasteiger partial charge on any atom is 0.307 e. The third kappa shape index (κ3) is 3.25. The number of carbonyl (C=O) groups excluding carboxylic acids is 1. The molecule has 0 saturated heterocycles. The number of benzene rings is 1. The number of aromatic amines is 1. The molecule has 0 saturated carbocycles. The molecule has 0 radical (unpaired) electrons. The van der Waals surface area contributed by atoms with Crippen LogP contribution in [0.2, 0.25) is 10.0 Å². The zero-order valence-corrected chi connectivity index (χ0v) is 14.8. The number of aliphatic carboxylic acids is 1. The van der Waals surface area contributed by atoms with Gasteiger partial charge in [-0.25, -0.2) is 0 Å². The first kappa shape index (κ1) is 17.5. The molecule has 0 amide bonds. The number of fused-ring (bicyclic) bond motifs is 1. The largest absolute Gasteiger partial charge is 0.481 e. The number of nitrogens with one attached hydrogen (secondary N) is 1. The van der Waals surface area contributed by atoms with E-state index in [1.54, 1.807) is 24.3 Å². The maximum atomic E-state index is 13.0. The standard InChI is InChI=1S/C18H14Cl2N2O3/c1-2-9-5-6-21-17(15(9)20)18(25)16-12(8-14(23)24)11-7-10(19)3-4-13(11)22-16/h3-7,22H,2,8H2,1H3,(H,23,24). The Morgan fingerprint density at radius 2 is 2.00 bits per heavy atom. The van der Waals surface area contributed by atoms with Crippen LogP contribution in [0.3, 0.4) is 0 Å². The summed E-state index contributed by atoms with van der Waals surface area (Å²) in [7, 11) is 0. The molecule has 25 heavy (non-hydrogen) atoms. The van der Waals surface area contributed by atoms with E-state index >= 15 is 0 Å². The molecule has 2 aromatic heterocycles. The molecule has 2 heterocycles. The van der Waals surface area contributed by atoms with E-state index in [-0.39, 0.29) is 22.8 Å². The fourth-order valence-electron chi connectivity index (χ4n) is 2.78. The molecule has 0 aliphatic carbocycles. The van der Waals surface area contributed by atoms with Crippen molar-refractivity contribution in [2.75, 3.05) is 0 Å². The molecule has 3 aromatic rings. The minimum atomic E-state index is -1.05. The van der Waals surface area contributed by atoms with Crippen LogP contribution in [-0.2, 0) is 17.6 Å². The van der Waals surface area contributed by atoms with Gasteiger partial charge in [-0.05, 0) is 36.2 Å². The lowest BCUT2D eigenvalue weighted by atomic mass is 10.0. The Bertz CT molecular complexity index is 995. The first-order chi connectivity index (χ1) is 11.9. The summed E-state index contributed by atoms with van der Waals surface area (Å²) in [4.78, 5) is 31.3. The van der Waals surface area contributed by atoms with Gasteiger partial charge in [-0.3, -0.25) is 14.6 Å². The van der Waals surface area contributed by atoms with Crippen molar-refractivity contribution in [3.63, 3.8) is 0 Å². The highest BCUT2D eigenvalue weighted by Gasteiger charge is 2.24. The Balaban J connectivity index is 2.21. The first-order valence-electron chi connectivity index (χ1n) is 7.62. The molecule has 0 aliphatic rings. The van der Waals surface area contributed by atoms with E-state index in [0.717, 1.165) is 5.56 Å². The van der Waals surface area contributed by atoms with E-state index in [9.17, 15) is 14.7 Å². The number of carbonyl (C=O) groups is 2. The number of nitrogens with zero attached hydrogens (tertiary/aromatic N) is 1. The first-order valence-corrected chi connectivity index (χ1v) is 8.38. The second-order valence-corrected chi connectivity index (χ2v) is 6.37. The van der Waals surface area contributed by atoms with Crippen LogP contribution in [-0.4, -0.2) is 26.8 Å². The summed E-state index contributed by atoms with van der Waals surface area (Å²) in [6, 6.07) is 6.77. The van der Waals surface area contributed by atoms with Crippen LogP contribution in [0.5, 0.6) is 0 Å². The number of rotatable bonds is 5. The van der Waals surface area contributed by atoms with Gasteiger partial charge in [0.15, 0.2) is 0 Å². The van der Waals surface area contributed by atoms with Crippen molar-refractivity contribution < 1.29 is 14.7 Å². The average Bonchev–Trinajstić information content (AvgIpc) is 2.92. The van der Waals surface area contributed by atoms with Gasteiger partial charge in [0.05, 0.1) is 17.1 Å². The van der Waals surface area contributed by atoms with Gasteiger partial charge in [0, 0.05) is 27.7 Å². The molecule has 2 N–H and O–H groups in total. The van der Waals surface area contributed by atoms with E-state index in [1.807, 2.05) is 6.92 Å². The van der Waals surface area contributed by atoms with E-state index in [4.69, 9.17) is 23.2 Å². The van der Waals surface area contributed by atoms with Crippen molar-refractivity contribution in [3.05, 3.63) is 63.0 Å². The van der Waals surface area contributed by atoms with E-state index < -0.39 is 11.8 Å². The van der Waals surface area contributed by atoms with E-state index in [1.165, 1.54) is 6.20 Å². The van der Waals surface area contributed by atoms with Crippen LogP contribution >= 0.6 is 23.2 Å². The van der Waals surface area contributed by atoms with Gasteiger partial charge in [0.2, 0.25) is 5.78 Å². The van der Waals surface area contributed by atoms with Crippen LogP contribution in [0.15, 0.2) is 30.5 Å². The van der Waals surface area contributed by atoms with E-state index in [0.29, 0.717) is 27.9 Å². The summed E-state index contributed by atoms with van der Waals surface area (Å²) in [5, 5.41) is 10.6. The molecule has 128 valence electrons. The molecule has 5 nitrogen and oxygen atoms in total. The lowest BCUT2D eigenvalue weighted by Crippen LogP contribution is -2.11. The fourth-order valence-corrected chi connectivity index (χ4v) is 3.29. The Kier molecular flexibility index (Phi) is 4.79. The van der Waals surface area contributed by atoms with E-state index in [2.05, 4.69) is 9.97 Å².